The van der Waals surface area contributed by atoms with Gasteiger partial charge in [-0.05, 0) is 67.3 Å². The van der Waals surface area contributed by atoms with Crippen LogP contribution in [0.25, 0.3) is 10.9 Å². The van der Waals surface area contributed by atoms with Gasteiger partial charge in [0.2, 0.25) is 0 Å². The predicted molar refractivity (Wildman–Crippen MR) is 94.4 cm³/mol. The number of alkyl halides is 1. The minimum atomic E-state index is -0.211. The summed E-state index contributed by atoms with van der Waals surface area (Å²) in [6, 6.07) is 6.83. The smallest absolute Gasteiger partial charge is 0.146 e. The molecule has 2 aromatic rings. The Morgan fingerprint density at radius 3 is 2.74 bits per heavy atom. The molecule has 0 spiro atoms. The van der Waals surface area contributed by atoms with Crippen molar-refractivity contribution in [2.75, 3.05) is 5.33 Å². The number of hydrogen-bond donors (Lipinski definition) is 0. The van der Waals surface area contributed by atoms with E-state index in [1.807, 2.05) is 19.2 Å². The summed E-state index contributed by atoms with van der Waals surface area (Å²) in [7, 11) is 0. The Labute approximate surface area is 144 Å². The average molecular weight is 378 g/mol. The zero-order valence-electron chi connectivity index (χ0n) is 13.3. The number of aromatic nitrogens is 1. The van der Waals surface area contributed by atoms with Crippen LogP contribution < -0.4 is 0 Å². The van der Waals surface area contributed by atoms with Gasteiger partial charge in [-0.15, -0.1) is 0 Å². The average Bonchev–Trinajstić information content (AvgIpc) is 2.60. The Morgan fingerprint density at radius 1 is 1.30 bits per heavy atom. The Bertz CT molecular complexity index is 710. The second-order valence-electron chi connectivity index (χ2n) is 6.56. The van der Waals surface area contributed by atoms with Crippen molar-refractivity contribution < 1.29 is 9.18 Å². The number of fused-ring (bicyclic) bond motifs is 1. The molecular formula is C19H21BrFNO. The Morgan fingerprint density at radius 2 is 2.04 bits per heavy atom. The maximum atomic E-state index is 13.6. The van der Waals surface area contributed by atoms with Crippen LogP contribution in [0.3, 0.4) is 0 Å². The lowest BCUT2D eigenvalue weighted by molar-refractivity contribution is -0.121. The van der Waals surface area contributed by atoms with E-state index in [2.05, 4.69) is 20.9 Å². The lowest BCUT2D eigenvalue weighted by Crippen LogP contribution is -2.26. The van der Waals surface area contributed by atoms with Crippen LogP contribution in [0.4, 0.5) is 4.39 Å². The second-order valence-corrected chi connectivity index (χ2v) is 7.12. The molecule has 1 heterocycles. The normalized spacial score (nSPS) is 22.9. The van der Waals surface area contributed by atoms with Crippen LogP contribution in [0.2, 0.25) is 0 Å². The highest BCUT2D eigenvalue weighted by atomic mass is 79.9. The number of hydrogen-bond acceptors (Lipinski definition) is 2. The summed E-state index contributed by atoms with van der Waals surface area (Å²) in [6.45, 7) is 2.05. The number of rotatable bonds is 4. The van der Waals surface area contributed by atoms with E-state index in [1.54, 1.807) is 12.1 Å². The summed E-state index contributed by atoms with van der Waals surface area (Å²) >= 11 is 3.27. The van der Waals surface area contributed by atoms with Crippen molar-refractivity contribution >= 4 is 32.6 Å². The van der Waals surface area contributed by atoms with Crippen LogP contribution in [0.5, 0.6) is 0 Å². The predicted octanol–water partition coefficient (Wildman–Crippen LogP) is 5.25. The number of benzene rings is 1. The van der Waals surface area contributed by atoms with Crippen LogP contribution in [0.1, 0.15) is 44.1 Å². The maximum Gasteiger partial charge on any atom is 0.146 e. The molecule has 1 aromatic carbocycles. The Kier molecular flexibility index (Phi) is 5.10. The molecule has 3 rings (SSSR count). The summed E-state index contributed by atoms with van der Waals surface area (Å²) in [6.07, 6.45) is 6.05. The molecule has 0 amide bonds. The number of carbonyl (C=O) groups is 1. The molecule has 1 unspecified atom stereocenters. The van der Waals surface area contributed by atoms with Gasteiger partial charge in [-0.25, -0.2) is 4.39 Å². The fourth-order valence-electron chi connectivity index (χ4n) is 3.81. The maximum absolute atomic E-state index is 13.6. The van der Waals surface area contributed by atoms with Gasteiger partial charge in [0.15, 0.2) is 0 Å². The van der Waals surface area contributed by atoms with Gasteiger partial charge < -0.3 is 0 Å². The van der Waals surface area contributed by atoms with Gasteiger partial charge in [-0.1, -0.05) is 22.9 Å². The highest BCUT2D eigenvalue weighted by Gasteiger charge is 2.29. The molecule has 0 bridgehead atoms. The van der Waals surface area contributed by atoms with Crippen molar-refractivity contribution in [2.45, 2.75) is 38.5 Å². The van der Waals surface area contributed by atoms with Crippen LogP contribution >= 0.6 is 15.9 Å². The van der Waals surface area contributed by atoms with E-state index < -0.39 is 0 Å². The first-order valence-corrected chi connectivity index (χ1v) is 9.35. The number of halogens is 2. The second kappa shape index (κ2) is 7.08. The van der Waals surface area contributed by atoms with Gasteiger partial charge >= 0.3 is 0 Å². The van der Waals surface area contributed by atoms with Gasteiger partial charge in [-0.2, -0.15) is 0 Å². The molecule has 0 saturated heterocycles. The van der Waals surface area contributed by atoms with E-state index >= 15 is 0 Å². The summed E-state index contributed by atoms with van der Waals surface area (Å²) in [4.78, 5) is 16.2. The monoisotopic (exact) mass is 377 g/mol. The molecule has 2 nitrogen and oxygen atoms in total. The van der Waals surface area contributed by atoms with Crippen LogP contribution in [-0.4, -0.2) is 16.1 Å². The molecule has 1 aliphatic carbocycles. The lowest BCUT2D eigenvalue weighted by Gasteiger charge is -2.32. The molecule has 1 fully saturated rings. The first-order chi connectivity index (χ1) is 11.1. The van der Waals surface area contributed by atoms with Crippen LogP contribution in [-0.2, 0) is 4.79 Å². The molecule has 23 heavy (non-hydrogen) atoms. The molecule has 1 aromatic heterocycles. The fraction of sp³-hybridized carbons (Fsp3) is 0.474. The zero-order valence-corrected chi connectivity index (χ0v) is 14.9. The van der Waals surface area contributed by atoms with E-state index in [9.17, 15) is 9.18 Å². The lowest BCUT2D eigenvalue weighted by atomic mass is 9.73. The molecule has 0 radical (unpaired) electrons. The van der Waals surface area contributed by atoms with Gasteiger partial charge in [0.05, 0.1) is 10.8 Å². The molecule has 0 aliphatic heterocycles. The van der Waals surface area contributed by atoms with Gasteiger partial charge in [0.1, 0.15) is 11.6 Å². The van der Waals surface area contributed by atoms with Crippen molar-refractivity contribution in [3.63, 3.8) is 0 Å². The molecule has 122 valence electrons. The highest BCUT2D eigenvalue weighted by molar-refractivity contribution is 9.09. The SMILES string of the molecule is CC(C(=O)CBr)C1CCC(c2ccnc3ccc(F)cc23)CC1. The Hall–Kier alpha value is -1.29. The van der Waals surface area contributed by atoms with Crippen molar-refractivity contribution in [2.24, 2.45) is 11.8 Å². The topological polar surface area (TPSA) is 30.0 Å². The molecule has 1 atom stereocenters. The Balaban J connectivity index is 1.78. The van der Waals surface area contributed by atoms with Gasteiger partial charge in [0.25, 0.3) is 0 Å². The van der Waals surface area contributed by atoms with Gasteiger partial charge in [-0.3, -0.25) is 9.78 Å². The van der Waals surface area contributed by atoms with E-state index in [0.29, 0.717) is 22.9 Å². The van der Waals surface area contributed by atoms with Crippen LogP contribution in [0.15, 0.2) is 30.5 Å². The van der Waals surface area contributed by atoms with Crippen molar-refractivity contribution in [3.05, 3.63) is 41.8 Å². The largest absolute Gasteiger partial charge is 0.298 e. The molecule has 1 aliphatic rings. The van der Waals surface area contributed by atoms with Crippen molar-refractivity contribution in [3.8, 4) is 0 Å². The van der Waals surface area contributed by atoms with E-state index in [4.69, 9.17) is 0 Å². The molecule has 1 saturated carbocycles. The third kappa shape index (κ3) is 3.47. The fourth-order valence-corrected chi connectivity index (χ4v) is 4.32. The minimum absolute atomic E-state index is 0.127. The quantitative estimate of drug-likeness (QED) is 0.681. The number of ketones is 1. The highest BCUT2D eigenvalue weighted by Crippen LogP contribution is 2.40. The zero-order chi connectivity index (χ0) is 16.4. The summed E-state index contributed by atoms with van der Waals surface area (Å²) in [5.41, 5.74) is 2.06. The van der Waals surface area contributed by atoms with Gasteiger partial charge in [0, 0.05) is 17.5 Å². The molecular weight excluding hydrogens is 357 g/mol. The number of Topliss-reactive ketones (excluding diaryl/α,β-unsaturated/α-hetero) is 1. The standard InChI is InChI=1S/C19H21BrFNO/c1-12(19(23)11-20)13-2-4-14(5-3-13)16-8-9-22-18-7-6-15(21)10-17(16)18/h6-10,12-14H,2-5,11H2,1H3. The van der Waals surface area contributed by atoms with E-state index in [1.165, 1.54) is 11.6 Å². The number of carbonyl (C=O) groups excluding carboxylic acids is 1. The third-order valence-corrected chi connectivity index (χ3v) is 5.85. The number of pyridine rings is 1. The first-order valence-electron chi connectivity index (χ1n) is 8.23. The third-order valence-electron chi connectivity index (χ3n) is 5.30. The summed E-state index contributed by atoms with van der Waals surface area (Å²) in [5, 5.41) is 1.38. The summed E-state index contributed by atoms with van der Waals surface area (Å²) in [5.74, 6) is 1.12. The van der Waals surface area contributed by atoms with Crippen LogP contribution in [0, 0.1) is 17.7 Å². The first kappa shape index (κ1) is 16.6. The molecule has 0 N–H and O–H groups in total. The van der Waals surface area contributed by atoms with Crippen molar-refractivity contribution in [1.29, 1.82) is 0 Å². The van der Waals surface area contributed by atoms with E-state index in [-0.39, 0.29) is 11.7 Å². The minimum Gasteiger partial charge on any atom is -0.298 e. The molecule has 4 heteroatoms. The van der Waals surface area contributed by atoms with E-state index in [0.717, 1.165) is 36.6 Å². The van der Waals surface area contributed by atoms with Crippen molar-refractivity contribution in [1.82, 2.24) is 4.98 Å². The summed E-state index contributed by atoms with van der Waals surface area (Å²) < 4.78 is 13.6. The number of nitrogens with zero attached hydrogens (tertiary/aromatic N) is 1.